The molecule has 0 spiro atoms. The molecule has 0 unspecified atom stereocenters. The van der Waals surface area contributed by atoms with E-state index in [2.05, 4.69) is 138 Å². The maximum Gasteiger partial charge on any atom is 0.0541 e. The molecule has 7 rings (SSSR count). The number of aromatic nitrogens is 2. The van der Waals surface area contributed by atoms with Crippen molar-refractivity contribution >= 4 is 55.0 Å². The van der Waals surface area contributed by atoms with Gasteiger partial charge in [-0.05, 0) is 98.6 Å². The van der Waals surface area contributed by atoms with Gasteiger partial charge in [-0.25, -0.2) is 0 Å². The second-order valence-electron chi connectivity index (χ2n) is 10.8. The third kappa shape index (κ3) is 4.13. The minimum atomic E-state index is 1.06. The molecule has 3 heteroatoms. The third-order valence-electron chi connectivity index (χ3n) is 8.29. The fraction of sp³-hybridized carbons (Fsp3) is 0.105. The molecule has 0 aliphatic heterocycles. The molecule has 41 heavy (non-hydrogen) atoms. The Kier molecular flexibility index (Phi) is 6.20. The molecule has 0 radical (unpaired) electrons. The van der Waals surface area contributed by atoms with Crippen molar-refractivity contribution in [2.75, 3.05) is 0 Å². The summed E-state index contributed by atoms with van der Waals surface area (Å²) in [4.78, 5) is 0. The summed E-state index contributed by atoms with van der Waals surface area (Å²) in [5, 5.41) is 5.00. The van der Waals surface area contributed by atoms with Crippen molar-refractivity contribution in [3.8, 4) is 11.1 Å². The van der Waals surface area contributed by atoms with Crippen molar-refractivity contribution in [3.63, 3.8) is 0 Å². The van der Waals surface area contributed by atoms with E-state index in [0.29, 0.717) is 0 Å². The van der Waals surface area contributed by atoms with E-state index >= 15 is 0 Å². The summed E-state index contributed by atoms with van der Waals surface area (Å²) < 4.78 is 4.70. The maximum atomic E-state index is 5.81. The number of nitrogens with two attached hydrogens (primary N) is 1. The van der Waals surface area contributed by atoms with E-state index in [-0.39, 0.29) is 0 Å². The molecule has 200 valence electrons. The van der Waals surface area contributed by atoms with Gasteiger partial charge in [-0.15, -0.1) is 0 Å². The lowest BCUT2D eigenvalue weighted by atomic mass is 10.0. The van der Waals surface area contributed by atoms with Crippen molar-refractivity contribution in [1.29, 1.82) is 0 Å². The maximum absolute atomic E-state index is 5.81. The molecular weight excluding hydrogens is 498 g/mol. The first-order valence-corrected chi connectivity index (χ1v) is 14.3. The lowest BCUT2D eigenvalue weighted by Crippen LogP contribution is -1.96. The summed E-state index contributed by atoms with van der Waals surface area (Å²) in [5.74, 6) is 0. The molecule has 6 aromatic rings. The molecule has 0 amide bonds. The van der Waals surface area contributed by atoms with Crippen LogP contribution >= 0.6 is 0 Å². The van der Waals surface area contributed by atoms with Crippen LogP contribution in [0.3, 0.4) is 0 Å². The van der Waals surface area contributed by atoms with Crippen molar-refractivity contribution in [2.45, 2.75) is 26.7 Å². The molecule has 0 bridgehead atoms. The van der Waals surface area contributed by atoms with Crippen LogP contribution in [-0.2, 0) is 0 Å². The van der Waals surface area contributed by atoms with Crippen LogP contribution in [0.5, 0.6) is 0 Å². The van der Waals surface area contributed by atoms with Crippen molar-refractivity contribution < 1.29 is 0 Å². The SMILES string of the molecule is C/C=C(\C=C/N)n1c2ccccc2c2cc(-c3ccc4c(c3)c3ccccc3n4C3=C/C=C(\C)CC/C=C\3)ccc21. The first kappa shape index (κ1) is 25.0. The highest BCUT2D eigenvalue weighted by atomic mass is 15.0. The van der Waals surface area contributed by atoms with E-state index in [1.807, 2.05) is 6.08 Å². The van der Waals surface area contributed by atoms with Gasteiger partial charge in [-0.2, -0.15) is 0 Å². The predicted molar refractivity (Wildman–Crippen MR) is 178 cm³/mol. The van der Waals surface area contributed by atoms with Crippen LogP contribution in [0.4, 0.5) is 0 Å². The van der Waals surface area contributed by atoms with Crippen LogP contribution in [-0.4, -0.2) is 9.13 Å². The number of rotatable bonds is 4. The van der Waals surface area contributed by atoms with Crippen LogP contribution in [0, 0.1) is 0 Å². The van der Waals surface area contributed by atoms with Crippen molar-refractivity contribution in [1.82, 2.24) is 9.13 Å². The van der Waals surface area contributed by atoms with E-state index in [1.54, 1.807) is 6.20 Å². The zero-order valence-corrected chi connectivity index (χ0v) is 23.5. The number of nitrogens with zero attached hydrogens (tertiary/aromatic N) is 2. The van der Waals surface area contributed by atoms with Gasteiger partial charge in [0.25, 0.3) is 0 Å². The van der Waals surface area contributed by atoms with Gasteiger partial charge in [-0.3, -0.25) is 0 Å². The normalized spacial score (nSPS) is 18.0. The average Bonchev–Trinajstić information content (AvgIpc) is 3.50. The van der Waals surface area contributed by atoms with Crippen molar-refractivity contribution in [3.05, 3.63) is 133 Å². The van der Waals surface area contributed by atoms with Crippen LogP contribution in [0.15, 0.2) is 133 Å². The second kappa shape index (κ2) is 10.2. The molecule has 2 N–H and O–H groups in total. The monoisotopic (exact) mass is 531 g/mol. The van der Waals surface area contributed by atoms with Gasteiger partial charge >= 0.3 is 0 Å². The summed E-state index contributed by atoms with van der Waals surface area (Å²) in [6.45, 7) is 4.27. The minimum absolute atomic E-state index is 1.06. The van der Waals surface area contributed by atoms with Crippen LogP contribution in [0.25, 0.3) is 66.1 Å². The Bertz CT molecular complexity index is 2120. The molecule has 0 saturated heterocycles. The molecular formula is C38H33N3. The first-order valence-electron chi connectivity index (χ1n) is 14.3. The molecule has 2 aromatic heterocycles. The molecule has 2 heterocycles. The van der Waals surface area contributed by atoms with Gasteiger partial charge in [0.05, 0.1) is 22.1 Å². The van der Waals surface area contributed by atoms with Gasteiger partial charge in [0, 0.05) is 32.9 Å². The highest BCUT2D eigenvalue weighted by Crippen LogP contribution is 2.38. The standard InChI is InChI=1S/C38H33N3/c1-3-29(22-23-39)40-35-14-8-6-12-31(35)33-24-27(17-20-37(33)40)28-18-21-38-34(25-28)32-13-7-9-15-36(32)41(38)30-11-5-4-10-26(2)16-19-30/h3,5-9,11-25H,4,10,39H2,1-2H3/b11-5-,23-22-,26-16+,29-3+,30-19+. The van der Waals surface area contributed by atoms with E-state index in [1.165, 1.54) is 66.0 Å². The third-order valence-corrected chi connectivity index (χ3v) is 8.29. The summed E-state index contributed by atoms with van der Waals surface area (Å²) in [6.07, 6.45) is 16.9. The quantitative estimate of drug-likeness (QED) is 0.226. The Balaban J connectivity index is 1.44. The number of hydrogen-bond donors (Lipinski definition) is 1. The Morgan fingerprint density at radius 1 is 0.732 bits per heavy atom. The van der Waals surface area contributed by atoms with E-state index < -0.39 is 0 Å². The Morgan fingerprint density at radius 3 is 2.07 bits per heavy atom. The van der Waals surface area contributed by atoms with E-state index in [9.17, 15) is 0 Å². The Hall–Kier alpha value is -5.02. The average molecular weight is 532 g/mol. The Labute approximate surface area is 240 Å². The topological polar surface area (TPSA) is 35.9 Å². The van der Waals surface area contributed by atoms with Crippen molar-refractivity contribution in [2.24, 2.45) is 5.73 Å². The fourth-order valence-electron chi connectivity index (χ4n) is 6.29. The van der Waals surface area contributed by atoms with Crippen LogP contribution in [0.2, 0.25) is 0 Å². The van der Waals surface area contributed by atoms with E-state index in [4.69, 9.17) is 5.73 Å². The molecule has 4 aromatic carbocycles. The van der Waals surface area contributed by atoms with Gasteiger partial charge in [0.15, 0.2) is 0 Å². The van der Waals surface area contributed by atoms with Crippen LogP contribution < -0.4 is 5.73 Å². The number of hydrogen-bond acceptors (Lipinski definition) is 1. The highest BCUT2D eigenvalue weighted by molar-refractivity contribution is 6.13. The molecule has 1 aliphatic rings. The smallest absolute Gasteiger partial charge is 0.0541 e. The lowest BCUT2D eigenvalue weighted by Gasteiger charge is -2.11. The number of fused-ring (bicyclic) bond motifs is 6. The molecule has 0 fully saturated rings. The highest BCUT2D eigenvalue weighted by Gasteiger charge is 2.16. The summed E-state index contributed by atoms with van der Waals surface area (Å²) >= 11 is 0. The fourth-order valence-corrected chi connectivity index (χ4v) is 6.29. The largest absolute Gasteiger partial charge is 0.405 e. The molecule has 1 aliphatic carbocycles. The zero-order chi connectivity index (χ0) is 27.9. The number of allylic oxidation sites excluding steroid dienone is 9. The summed E-state index contributed by atoms with van der Waals surface area (Å²) in [6, 6.07) is 31.1. The summed E-state index contributed by atoms with van der Waals surface area (Å²) in [7, 11) is 0. The Morgan fingerprint density at radius 2 is 1.34 bits per heavy atom. The number of para-hydroxylation sites is 2. The second-order valence-corrected chi connectivity index (χ2v) is 10.8. The molecule has 0 saturated carbocycles. The van der Waals surface area contributed by atoms with Gasteiger partial charge in [0.2, 0.25) is 0 Å². The summed E-state index contributed by atoms with van der Waals surface area (Å²) in [5.41, 5.74) is 16.7. The number of benzene rings is 4. The van der Waals surface area contributed by atoms with Gasteiger partial charge < -0.3 is 14.9 Å². The lowest BCUT2D eigenvalue weighted by molar-refractivity contribution is 0.973. The molecule has 0 atom stereocenters. The molecule has 3 nitrogen and oxygen atoms in total. The first-order chi connectivity index (χ1) is 20.2. The predicted octanol–water partition coefficient (Wildman–Crippen LogP) is 10.0. The minimum Gasteiger partial charge on any atom is -0.405 e. The van der Waals surface area contributed by atoms with Gasteiger partial charge in [-0.1, -0.05) is 72.3 Å². The van der Waals surface area contributed by atoms with E-state index in [0.717, 1.165) is 18.5 Å². The zero-order valence-electron chi connectivity index (χ0n) is 23.5. The van der Waals surface area contributed by atoms with Crippen LogP contribution in [0.1, 0.15) is 26.7 Å². The van der Waals surface area contributed by atoms with Gasteiger partial charge in [0.1, 0.15) is 0 Å².